The van der Waals surface area contributed by atoms with E-state index in [0.717, 1.165) is 71.2 Å². The summed E-state index contributed by atoms with van der Waals surface area (Å²) in [4.78, 5) is 23.6. The number of guanidine groups is 1. The average molecular weight is 416 g/mol. The van der Waals surface area contributed by atoms with E-state index in [4.69, 9.17) is 4.74 Å². The SMILES string of the molecule is CCN(CC)Cc1ccc(CNC(=NC)N2CCN(C(=O)C3CCCO3)CC2)cc1. The van der Waals surface area contributed by atoms with Gasteiger partial charge in [0.15, 0.2) is 5.96 Å². The van der Waals surface area contributed by atoms with Gasteiger partial charge in [-0.05, 0) is 37.1 Å². The number of piperazine rings is 1. The van der Waals surface area contributed by atoms with Crippen molar-refractivity contribution in [2.24, 2.45) is 4.99 Å². The van der Waals surface area contributed by atoms with E-state index >= 15 is 0 Å². The molecule has 1 aromatic carbocycles. The summed E-state index contributed by atoms with van der Waals surface area (Å²) in [7, 11) is 1.82. The largest absolute Gasteiger partial charge is 0.368 e. The Kier molecular flexibility index (Phi) is 8.51. The van der Waals surface area contributed by atoms with Crippen molar-refractivity contribution in [3.8, 4) is 0 Å². The Morgan fingerprint density at radius 2 is 1.73 bits per heavy atom. The standard InChI is InChI=1S/C23H37N5O2/c1-4-26(5-2)18-20-10-8-19(9-11-20)17-25-23(24-3)28-14-12-27(13-15-28)22(29)21-7-6-16-30-21/h8-11,21H,4-7,12-18H2,1-3H3,(H,24,25). The van der Waals surface area contributed by atoms with E-state index in [2.05, 4.69) is 58.2 Å². The van der Waals surface area contributed by atoms with Gasteiger partial charge in [0.05, 0.1) is 0 Å². The number of hydrogen-bond donors (Lipinski definition) is 1. The van der Waals surface area contributed by atoms with Crippen molar-refractivity contribution in [1.82, 2.24) is 20.0 Å². The normalized spacial score (nSPS) is 20.1. The Bertz CT molecular complexity index is 688. The van der Waals surface area contributed by atoms with Crippen molar-refractivity contribution in [2.75, 3.05) is 52.9 Å². The number of nitrogens with zero attached hydrogens (tertiary/aromatic N) is 4. The molecule has 1 atom stereocenters. The first-order chi connectivity index (χ1) is 14.6. The molecule has 1 amide bonds. The molecular weight excluding hydrogens is 378 g/mol. The van der Waals surface area contributed by atoms with Crippen LogP contribution in [0.1, 0.15) is 37.8 Å². The summed E-state index contributed by atoms with van der Waals surface area (Å²) in [5.74, 6) is 1.05. The van der Waals surface area contributed by atoms with Crippen LogP contribution in [0.15, 0.2) is 29.3 Å². The minimum Gasteiger partial charge on any atom is -0.368 e. The number of ether oxygens (including phenoxy) is 1. The Morgan fingerprint density at radius 1 is 1.10 bits per heavy atom. The van der Waals surface area contributed by atoms with Crippen molar-refractivity contribution in [1.29, 1.82) is 0 Å². The molecule has 2 heterocycles. The second-order valence-corrected chi connectivity index (χ2v) is 7.99. The van der Waals surface area contributed by atoms with Crippen molar-refractivity contribution in [3.63, 3.8) is 0 Å². The number of carbonyl (C=O) groups excluding carboxylic acids is 1. The second kappa shape index (κ2) is 11.3. The summed E-state index contributed by atoms with van der Waals surface area (Å²) in [5.41, 5.74) is 2.59. The maximum Gasteiger partial charge on any atom is 0.251 e. The molecular formula is C23H37N5O2. The molecule has 2 saturated heterocycles. The van der Waals surface area contributed by atoms with Crippen LogP contribution in [0, 0.1) is 0 Å². The van der Waals surface area contributed by atoms with Crippen LogP contribution in [0.2, 0.25) is 0 Å². The van der Waals surface area contributed by atoms with Gasteiger partial charge in [-0.2, -0.15) is 0 Å². The minimum absolute atomic E-state index is 0.153. The van der Waals surface area contributed by atoms with Gasteiger partial charge in [0.2, 0.25) is 0 Å². The van der Waals surface area contributed by atoms with Crippen LogP contribution in [-0.4, -0.2) is 85.6 Å². The van der Waals surface area contributed by atoms with E-state index in [1.807, 2.05) is 11.9 Å². The number of aliphatic imine (C=N–C) groups is 1. The van der Waals surface area contributed by atoms with Crippen LogP contribution >= 0.6 is 0 Å². The summed E-state index contributed by atoms with van der Waals surface area (Å²) in [5, 5.41) is 3.47. The number of amides is 1. The molecule has 2 aliphatic rings. The Hall–Kier alpha value is -2.12. The molecule has 2 fully saturated rings. The Balaban J connectivity index is 1.45. The Morgan fingerprint density at radius 3 is 2.30 bits per heavy atom. The second-order valence-electron chi connectivity index (χ2n) is 7.99. The van der Waals surface area contributed by atoms with Crippen molar-refractivity contribution < 1.29 is 9.53 Å². The molecule has 0 radical (unpaired) electrons. The van der Waals surface area contributed by atoms with Crippen molar-refractivity contribution in [2.45, 2.75) is 45.9 Å². The minimum atomic E-state index is -0.223. The first kappa shape index (κ1) is 22.6. The maximum atomic E-state index is 12.5. The zero-order valence-electron chi connectivity index (χ0n) is 18.8. The molecule has 1 aromatic rings. The lowest BCUT2D eigenvalue weighted by molar-refractivity contribution is -0.142. The smallest absolute Gasteiger partial charge is 0.251 e. The molecule has 0 aliphatic carbocycles. The lowest BCUT2D eigenvalue weighted by Gasteiger charge is -2.37. The molecule has 0 bridgehead atoms. The molecule has 3 rings (SSSR count). The fourth-order valence-corrected chi connectivity index (χ4v) is 4.10. The lowest BCUT2D eigenvalue weighted by atomic mass is 10.1. The molecule has 7 nitrogen and oxygen atoms in total. The number of rotatable bonds is 7. The van der Waals surface area contributed by atoms with Gasteiger partial charge in [-0.1, -0.05) is 38.1 Å². The van der Waals surface area contributed by atoms with Gasteiger partial charge in [0, 0.05) is 52.9 Å². The van der Waals surface area contributed by atoms with Gasteiger partial charge < -0.3 is 19.9 Å². The maximum absolute atomic E-state index is 12.5. The van der Waals surface area contributed by atoms with Gasteiger partial charge in [-0.25, -0.2) is 0 Å². The molecule has 0 saturated carbocycles. The van der Waals surface area contributed by atoms with Gasteiger partial charge in [-0.3, -0.25) is 14.7 Å². The fraction of sp³-hybridized carbons (Fsp3) is 0.652. The third kappa shape index (κ3) is 5.95. The van der Waals surface area contributed by atoms with E-state index in [0.29, 0.717) is 6.61 Å². The molecule has 7 heteroatoms. The molecule has 1 N–H and O–H groups in total. The van der Waals surface area contributed by atoms with E-state index < -0.39 is 0 Å². The molecule has 0 spiro atoms. The van der Waals surface area contributed by atoms with Crippen LogP contribution in [0.5, 0.6) is 0 Å². The molecule has 30 heavy (non-hydrogen) atoms. The highest BCUT2D eigenvalue weighted by Gasteiger charge is 2.30. The topological polar surface area (TPSA) is 60.4 Å². The van der Waals surface area contributed by atoms with Crippen LogP contribution in [0.4, 0.5) is 0 Å². The summed E-state index contributed by atoms with van der Waals surface area (Å²) in [6.45, 7) is 12.0. The number of benzene rings is 1. The monoisotopic (exact) mass is 415 g/mol. The summed E-state index contributed by atoms with van der Waals surface area (Å²) in [6, 6.07) is 8.82. The number of hydrogen-bond acceptors (Lipinski definition) is 4. The molecule has 166 valence electrons. The predicted octanol–water partition coefficient (Wildman–Crippen LogP) is 1.93. The highest BCUT2D eigenvalue weighted by Crippen LogP contribution is 2.16. The van der Waals surface area contributed by atoms with Crippen molar-refractivity contribution in [3.05, 3.63) is 35.4 Å². The van der Waals surface area contributed by atoms with Crippen LogP contribution in [-0.2, 0) is 22.6 Å². The summed E-state index contributed by atoms with van der Waals surface area (Å²) in [6.07, 6.45) is 1.62. The first-order valence-corrected chi connectivity index (χ1v) is 11.3. The van der Waals surface area contributed by atoms with Gasteiger partial charge in [0.25, 0.3) is 5.91 Å². The van der Waals surface area contributed by atoms with Gasteiger partial charge in [0.1, 0.15) is 6.10 Å². The predicted molar refractivity (Wildman–Crippen MR) is 120 cm³/mol. The van der Waals surface area contributed by atoms with E-state index in [1.165, 1.54) is 11.1 Å². The van der Waals surface area contributed by atoms with Crippen LogP contribution < -0.4 is 5.32 Å². The van der Waals surface area contributed by atoms with E-state index in [-0.39, 0.29) is 12.0 Å². The summed E-state index contributed by atoms with van der Waals surface area (Å²) < 4.78 is 5.55. The fourth-order valence-electron chi connectivity index (χ4n) is 4.10. The highest BCUT2D eigenvalue weighted by molar-refractivity contribution is 5.82. The summed E-state index contributed by atoms with van der Waals surface area (Å²) >= 11 is 0. The van der Waals surface area contributed by atoms with E-state index in [9.17, 15) is 4.79 Å². The quantitative estimate of drug-likeness (QED) is 0.545. The average Bonchev–Trinajstić information content (AvgIpc) is 3.34. The van der Waals surface area contributed by atoms with Crippen LogP contribution in [0.3, 0.4) is 0 Å². The third-order valence-corrected chi connectivity index (χ3v) is 6.08. The Labute approximate surface area is 181 Å². The van der Waals surface area contributed by atoms with Crippen LogP contribution in [0.25, 0.3) is 0 Å². The third-order valence-electron chi connectivity index (χ3n) is 6.08. The molecule has 1 unspecified atom stereocenters. The van der Waals surface area contributed by atoms with Crippen molar-refractivity contribution >= 4 is 11.9 Å². The van der Waals surface area contributed by atoms with E-state index in [1.54, 1.807) is 0 Å². The lowest BCUT2D eigenvalue weighted by Crippen LogP contribution is -2.55. The zero-order chi connectivity index (χ0) is 21.3. The molecule has 2 aliphatic heterocycles. The number of nitrogens with one attached hydrogen (secondary N) is 1. The van der Waals surface area contributed by atoms with Gasteiger partial charge >= 0.3 is 0 Å². The highest BCUT2D eigenvalue weighted by atomic mass is 16.5. The van der Waals surface area contributed by atoms with Gasteiger partial charge in [-0.15, -0.1) is 0 Å². The zero-order valence-corrected chi connectivity index (χ0v) is 18.8. The first-order valence-electron chi connectivity index (χ1n) is 11.3. The number of carbonyl (C=O) groups is 1. The molecule has 0 aromatic heterocycles.